The number of anilines is 1. The molecule has 2 atom stereocenters. The number of halogens is 1. The number of hydrogen-bond donors (Lipinski definition) is 2. The van der Waals surface area contributed by atoms with Gasteiger partial charge in [0, 0.05) is 12.2 Å². The van der Waals surface area contributed by atoms with Gasteiger partial charge in [0.2, 0.25) is 0 Å². The van der Waals surface area contributed by atoms with Gasteiger partial charge in [0.05, 0.1) is 6.04 Å². The Balaban J connectivity index is 2.16. The topological polar surface area (TPSA) is 38.0 Å². The van der Waals surface area contributed by atoms with Crippen LogP contribution >= 0.6 is 0 Å². The summed E-state index contributed by atoms with van der Waals surface area (Å²) in [5, 5.41) is 3.32. The molecule has 0 bridgehead atoms. The molecular formula is C14H21FN2. The van der Waals surface area contributed by atoms with Crippen LogP contribution in [0, 0.1) is 0 Å². The van der Waals surface area contributed by atoms with E-state index in [4.69, 9.17) is 5.73 Å². The van der Waals surface area contributed by atoms with Crippen molar-refractivity contribution in [2.75, 3.05) is 11.9 Å². The molecule has 2 unspecified atom stereocenters. The van der Waals surface area contributed by atoms with Gasteiger partial charge in [0.25, 0.3) is 0 Å². The Morgan fingerprint density at radius 2 is 2.24 bits per heavy atom. The molecule has 3 heteroatoms. The minimum Gasteiger partial charge on any atom is -0.379 e. The zero-order valence-electron chi connectivity index (χ0n) is 10.4. The van der Waals surface area contributed by atoms with E-state index in [-0.39, 0.29) is 12.6 Å². The van der Waals surface area contributed by atoms with Gasteiger partial charge in [0.1, 0.15) is 5.67 Å². The molecule has 1 aromatic carbocycles. The Morgan fingerprint density at radius 3 is 2.94 bits per heavy atom. The van der Waals surface area contributed by atoms with Gasteiger partial charge in [-0.05, 0) is 30.9 Å². The molecule has 1 aliphatic heterocycles. The van der Waals surface area contributed by atoms with Crippen LogP contribution < -0.4 is 11.1 Å². The lowest BCUT2D eigenvalue weighted by molar-refractivity contribution is 0.124. The SMILES string of the molecule is CCCC(F)(CN)C1CCc2ccccc2N1. The number of para-hydroxylation sites is 1. The highest BCUT2D eigenvalue weighted by atomic mass is 19.1. The third kappa shape index (κ3) is 2.44. The third-order valence-electron chi connectivity index (χ3n) is 3.68. The van der Waals surface area contributed by atoms with E-state index in [1.54, 1.807) is 0 Å². The van der Waals surface area contributed by atoms with Gasteiger partial charge in [-0.1, -0.05) is 31.5 Å². The summed E-state index contributed by atoms with van der Waals surface area (Å²) in [5.74, 6) is 0. The summed E-state index contributed by atoms with van der Waals surface area (Å²) in [6.07, 6.45) is 3.12. The number of rotatable bonds is 4. The van der Waals surface area contributed by atoms with Crippen molar-refractivity contribution in [2.45, 2.75) is 44.3 Å². The molecule has 2 nitrogen and oxygen atoms in total. The fraction of sp³-hybridized carbons (Fsp3) is 0.571. The number of fused-ring (bicyclic) bond motifs is 1. The summed E-state index contributed by atoms with van der Waals surface area (Å²) in [6.45, 7) is 2.10. The largest absolute Gasteiger partial charge is 0.379 e. The van der Waals surface area contributed by atoms with Crippen molar-refractivity contribution >= 4 is 5.69 Å². The predicted octanol–water partition coefficient (Wildman–Crippen LogP) is 2.88. The monoisotopic (exact) mass is 236 g/mol. The van der Waals surface area contributed by atoms with Crippen LogP contribution in [0.1, 0.15) is 31.7 Å². The summed E-state index contributed by atoms with van der Waals surface area (Å²) in [4.78, 5) is 0. The number of nitrogens with two attached hydrogens (primary N) is 1. The summed E-state index contributed by atoms with van der Waals surface area (Å²) in [5.41, 5.74) is 6.70. The Bertz CT molecular complexity index is 380. The zero-order chi connectivity index (χ0) is 12.3. The minimum atomic E-state index is -1.28. The van der Waals surface area contributed by atoms with Crippen molar-refractivity contribution in [3.63, 3.8) is 0 Å². The molecule has 0 aliphatic carbocycles. The lowest BCUT2D eigenvalue weighted by Gasteiger charge is -2.37. The first kappa shape index (κ1) is 12.4. The van der Waals surface area contributed by atoms with Gasteiger partial charge in [-0.2, -0.15) is 0 Å². The van der Waals surface area contributed by atoms with Crippen LogP contribution in [0.2, 0.25) is 0 Å². The maximum absolute atomic E-state index is 14.7. The Labute approximate surface area is 102 Å². The standard InChI is InChI=1S/C14H21FN2/c1-2-9-14(15,10-16)13-8-7-11-5-3-4-6-12(11)17-13/h3-6,13,17H,2,7-10,16H2,1H3. The maximum atomic E-state index is 14.7. The highest BCUT2D eigenvalue weighted by Crippen LogP contribution is 2.33. The Morgan fingerprint density at radius 1 is 1.47 bits per heavy atom. The van der Waals surface area contributed by atoms with Crippen LogP contribution in [0.15, 0.2) is 24.3 Å². The van der Waals surface area contributed by atoms with E-state index < -0.39 is 5.67 Å². The third-order valence-corrected chi connectivity index (χ3v) is 3.68. The number of hydrogen-bond acceptors (Lipinski definition) is 2. The molecule has 0 aromatic heterocycles. The highest BCUT2D eigenvalue weighted by molar-refractivity contribution is 5.54. The van der Waals surface area contributed by atoms with E-state index in [1.807, 2.05) is 25.1 Å². The van der Waals surface area contributed by atoms with E-state index in [2.05, 4.69) is 11.4 Å². The van der Waals surface area contributed by atoms with Crippen LogP contribution in [0.25, 0.3) is 0 Å². The summed E-state index contributed by atoms with van der Waals surface area (Å²) in [7, 11) is 0. The van der Waals surface area contributed by atoms with Gasteiger partial charge < -0.3 is 11.1 Å². The van der Waals surface area contributed by atoms with Crippen molar-refractivity contribution in [1.29, 1.82) is 0 Å². The van der Waals surface area contributed by atoms with Gasteiger partial charge in [-0.15, -0.1) is 0 Å². The minimum absolute atomic E-state index is 0.0979. The maximum Gasteiger partial charge on any atom is 0.143 e. The molecule has 0 radical (unpaired) electrons. The summed E-state index contributed by atoms with van der Waals surface area (Å²) >= 11 is 0. The molecule has 1 aromatic rings. The molecule has 17 heavy (non-hydrogen) atoms. The number of aryl methyl sites for hydroxylation is 1. The molecule has 1 heterocycles. The second-order valence-corrected chi connectivity index (χ2v) is 4.88. The molecular weight excluding hydrogens is 215 g/mol. The van der Waals surface area contributed by atoms with Crippen LogP contribution in [-0.2, 0) is 6.42 Å². The van der Waals surface area contributed by atoms with E-state index in [0.717, 1.165) is 24.9 Å². The van der Waals surface area contributed by atoms with E-state index in [0.29, 0.717) is 6.42 Å². The predicted molar refractivity (Wildman–Crippen MR) is 70.0 cm³/mol. The van der Waals surface area contributed by atoms with E-state index in [1.165, 1.54) is 5.56 Å². The normalized spacial score (nSPS) is 22.4. The first-order valence-electron chi connectivity index (χ1n) is 6.43. The average molecular weight is 236 g/mol. The molecule has 0 fully saturated rings. The van der Waals surface area contributed by atoms with Gasteiger partial charge in [0.15, 0.2) is 0 Å². The molecule has 3 N–H and O–H groups in total. The van der Waals surface area contributed by atoms with Crippen LogP contribution in [0.3, 0.4) is 0 Å². The fourth-order valence-electron chi connectivity index (χ4n) is 2.66. The Kier molecular flexibility index (Phi) is 3.67. The molecule has 0 saturated heterocycles. The average Bonchev–Trinajstić information content (AvgIpc) is 2.38. The number of alkyl halides is 1. The quantitative estimate of drug-likeness (QED) is 0.843. The van der Waals surface area contributed by atoms with Crippen LogP contribution in [-0.4, -0.2) is 18.3 Å². The summed E-state index contributed by atoms with van der Waals surface area (Å²) < 4.78 is 14.7. The Hall–Kier alpha value is -1.09. The van der Waals surface area contributed by atoms with Gasteiger partial charge >= 0.3 is 0 Å². The van der Waals surface area contributed by atoms with Crippen LogP contribution in [0.5, 0.6) is 0 Å². The molecule has 94 valence electrons. The first-order valence-corrected chi connectivity index (χ1v) is 6.43. The smallest absolute Gasteiger partial charge is 0.143 e. The number of benzene rings is 1. The van der Waals surface area contributed by atoms with Crippen LogP contribution in [0.4, 0.5) is 10.1 Å². The number of nitrogens with one attached hydrogen (secondary N) is 1. The summed E-state index contributed by atoms with van der Waals surface area (Å²) in [6, 6.07) is 7.97. The van der Waals surface area contributed by atoms with Crippen molar-refractivity contribution in [3.8, 4) is 0 Å². The lowest BCUT2D eigenvalue weighted by atomic mass is 9.84. The molecule has 0 amide bonds. The van der Waals surface area contributed by atoms with Crippen molar-refractivity contribution < 1.29 is 4.39 Å². The molecule has 1 aliphatic rings. The molecule has 0 spiro atoms. The fourth-order valence-corrected chi connectivity index (χ4v) is 2.66. The lowest BCUT2D eigenvalue weighted by Crippen LogP contribution is -2.50. The van der Waals surface area contributed by atoms with Crippen molar-refractivity contribution in [2.24, 2.45) is 5.73 Å². The van der Waals surface area contributed by atoms with Gasteiger partial charge in [-0.3, -0.25) is 0 Å². The first-order chi connectivity index (χ1) is 8.19. The van der Waals surface area contributed by atoms with E-state index >= 15 is 0 Å². The zero-order valence-corrected chi connectivity index (χ0v) is 10.4. The van der Waals surface area contributed by atoms with E-state index in [9.17, 15) is 4.39 Å². The van der Waals surface area contributed by atoms with Crippen molar-refractivity contribution in [1.82, 2.24) is 0 Å². The van der Waals surface area contributed by atoms with Gasteiger partial charge in [-0.25, -0.2) is 4.39 Å². The second kappa shape index (κ2) is 5.05. The second-order valence-electron chi connectivity index (χ2n) is 4.88. The molecule has 2 rings (SSSR count). The molecule has 0 saturated carbocycles. The van der Waals surface area contributed by atoms with Crippen molar-refractivity contribution in [3.05, 3.63) is 29.8 Å². The highest BCUT2D eigenvalue weighted by Gasteiger charge is 2.38.